The zero-order chi connectivity index (χ0) is 13.8. The molecule has 0 aliphatic heterocycles. The van der Waals surface area contributed by atoms with Crippen molar-refractivity contribution < 1.29 is 0 Å². The third-order valence-corrected chi connectivity index (χ3v) is 4.02. The van der Waals surface area contributed by atoms with Gasteiger partial charge in [-0.25, -0.2) is 0 Å². The van der Waals surface area contributed by atoms with Gasteiger partial charge in [-0.15, -0.1) is 17.0 Å². The third kappa shape index (κ3) is 3.45. The summed E-state index contributed by atoms with van der Waals surface area (Å²) in [6.45, 7) is 1.02. The lowest BCUT2D eigenvalue weighted by molar-refractivity contribution is 0.808. The van der Waals surface area contributed by atoms with Crippen molar-refractivity contribution in [2.45, 2.75) is 19.3 Å². The molecule has 0 amide bonds. The fraction of sp³-hybridized carbons (Fsp3) is 0.263. The van der Waals surface area contributed by atoms with Crippen LogP contribution < -0.4 is 5.32 Å². The molecule has 1 aliphatic rings. The van der Waals surface area contributed by atoms with Crippen LogP contribution in [0.1, 0.15) is 28.7 Å². The summed E-state index contributed by atoms with van der Waals surface area (Å²) in [5, 5.41) is 3.23. The lowest BCUT2D eigenvalue weighted by atomic mass is 9.93. The van der Waals surface area contributed by atoms with E-state index in [4.69, 9.17) is 0 Å². The summed E-state index contributed by atoms with van der Waals surface area (Å²) in [6, 6.07) is 17.7. The van der Waals surface area contributed by atoms with E-state index < -0.39 is 0 Å². The van der Waals surface area contributed by atoms with E-state index in [1.807, 2.05) is 7.05 Å². The molecule has 0 saturated carbocycles. The molecule has 1 N–H and O–H groups in total. The van der Waals surface area contributed by atoms with E-state index >= 15 is 0 Å². The number of fused-ring (bicyclic) bond motifs is 2. The van der Waals surface area contributed by atoms with Crippen LogP contribution in [0.25, 0.3) is 5.57 Å². The van der Waals surface area contributed by atoms with Gasteiger partial charge in [-0.2, -0.15) is 0 Å². The Labute approximate surface area is 137 Å². The minimum atomic E-state index is 0. The maximum Gasteiger partial charge on any atom is -0.00169 e. The molecule has 0 unspecified atom stereocenters. The molecule has 1 aliphatic carbocycles. The minimum absolute atomic E-state index is 0. The molecule has 0 saturated heterocycles. The van der Waals surface area contributed by atoms with E-state index in [0.717, 1.165) is 25.8 Å². The Balaban J connectivity index is 0.00000161. The average molecular weight is 344 g/mol. The molecule has 0 radical (unpaired) electrons. The zero-order valence-corrected chi connectivity index (χ0v) is 14.1. The molecule has 0 bridgehead atoms. The van der Waals surface area contributed by atoms with Crippen molar-refractivity contribution in [2.24, 2.45) is 0 Å². The summed E-state index contributed by atoms with van der Waals surface area (Å²) in [4.78, 5) is 0. The molecule has 110 valence electrons. The molecule has 21 heavy (non-hydrogen) atoms. The van der Waals surface area contributed by atoms with Crippen LogP contribution in [0.4, 0.5) is 0 Å². The van der Waals surface area contributed by atoms with Crippen molar-refractivity contribution in [1.29, 1.82) is 0 Å². The van der Waals surface area contributed by atoms with Crippen LogP contribution in [-0.2, 0) is 12.8 Å². The number of nitrogens with one attached hydrogen (secondary N) is 1. The molecule has 0 atom stereocenters. The van der Waals surface area contributed by atoms with Crippen molar-refractivity contribution in [3.8, 4) is 0 Å². The maximum absolute atomic E-state index is 3.23. The highest BCUT2D eigenvalue weighted by molar-refractivity contribution is 8.93. The molecule has 0 fully saturated rings. The second-order valence-electron chi connectivity index (χ2n) is 5.32. The molecule has 2 aromatic carbocycles. The van der Waals surface area contributed by atoms with Crippen LogP contribution >= 0.6 is 17.0 Å². The fourth-order valence-corrected chi connectivity index (χ4v) is 3.00. The second kappa shape index (κ2) is 7.58. The molecule has 0 heterocycles. The summed E-state index contributed by atoms with van der Waals surface area (Å²) in [7, 11) is 2.01. The Morgan fingerprint density at radius 3 is 1.95 bits per heavy atom. The Morgan fingerprint density at radius 2 is 1.43 bits per heavy atom. The van der Waals surface area contributed by atoms with Crippen LogP contribution in [0.15, 0.2) is 54.6 Å². The lowest BCUT2D eigenvalue weighted by Crippen LogP contribution is -2.06. The van der Waals surface area contributed by atoms with Crippen molar-refractivity contribution in [3.63, 3.8) is 0 Å². The first-order valence-corrected chi connectivity index (χ1v) is 7.41. The standard InChI is InChI=1S/C19H21N.BrH/c1-20-14-6-11-19-17-9-4-2-7-15(17)12-13-16-8-3-5-10-18(16)19;/h2-5,7-11,20H,6,12-14H2,1H3;1H. The van der Waals surface area contributed by atoms with Crippen LogP contribution in [0.3, 0.4) is 0 Å². The summed E-state index contributed by atoms with van der Waals surface area (Å²) in [5.74, 6) is 0. The second-order valence-corrected chi connectivity index (χ2v) is 5.32. The molecule has 0 spiro atoms. The van der Waals surface area contributed by atoms with E-state index in [-0.39, 0.29) is 17.0 Å². The summed E-state index contributed by atoms with van der Waals surface area (Å²) < 4.78 is 0. The first kappa shape index (κ1) is 16.0. The number of hydrogen-bond donors (Lipinski definition) is 1. The highest BCUT2D eigenvalue weighted by atomic mass is 79.9. The van der Waals surface area contributed by atoms with Gasteiger partial charge in [0.05, 0.1) is 0 Å². The van der Waals surface area contributed by atoms with Gasteiger partial charge in [-0.1, -0.05) is 54.6 Å². The number of benzene rings is 2. The van der Waals surface area contributed by atoms with E-state index in [0.29, 0.717) is 0 Å². The van der Waals surface area contributed by atoms with Crippen LogP contribution in [-0.4, -0.2) is 13.6 Å². The smallest absolute Gasteiger partial charge is 0.00169 e. The third-order valence-electron chi connectivity index (χ3n) is 4.02. The van der Waals surface area contributed by atoms with Gasteiger partial charge in [0.15, 0.2) is 0 Å². The van der Waals surface area contributed by atoms with E-state index in [1.54, 1.807) is 0 Å². The summed E-state index contributed by atoms with van der Waals surface area (Å²) in [6.07, 6.45) is 5.72. The summed E-state index contributed by atoms with van der Waals surface area (Å²) in [5.41, 5.74) is 7.17. The van der Waals surface area contributed by atoms with E-state index in [9.17, 15) is 0 Å². The molecular formula is C19H22BrN. The maximum atomic E-state index is 3.23. The zero-order valence-electron chi connectivity index (χ0n) is 12.4. The topological polar surface area (TPSA) is 12.0 Å². The van der Waals surface area contributed by atoms with Crippen molar-refractivity contribution in [1.82, 2.24) is 5.32 Å². The number of hydrogen-bond acceptors (Lipinski definition) is 1. The van der Waals surface area contributed by atoms with Gasteiger partial charge in [0.25, 0.3) is 0 Å². The first-order chi connectivity index (χ1) is 9.90. The normalized spacial score (nSPS) is 12.7. The highest BCUT2D eigenvalue weighted by Crippen LogP contribution is 2.33. The molecular weight excluding hydrogens is 322 g/mol. The Bertz CT molecular complexity index is 581. The Hall–Kier alpha value is -1.38. The fourth-order valence-electron chi connectivity index (χ4n) is 3.00. The highest BCUT2D eigenvalue weighted by Gasteiger charge is 2.16. The minimum Gasteiger partial charge on any atom is -0.319 e. The first-order valence-electron chi connectivity index (χ1n) is 7.41. The largest absolute Gasteiger partial charge is 0.319 e. The monoisotopic (exact) mass is 343 g/mol. The van der Waals surface area contributed by atoms with Gasteiger partial charge < -0.3 is 5.32 Å². The van der Waals surface area contributed by atoms with Gasteiger partial charge in [-0.3, -0.25) is 0 Å². The predicted molar refractivity (Wildman–Crippen MR) is 96.2 cm³/mol. The van der Waals surface area contributed by atoms with Gasteiger partial charge >= 0.3 is 0 Å². The van der Waals surface area contributed by atoms with Crippen LogP contribution in [0, 0.1) is 0 Å². The lowest BCUT2D eigenvalue weighted by Gasteiger charge is -2.12. The number of halogens is 1. The number of rotatable bonds is 3. The molecule has 3 rings (SSSR count). The molecule has 1 nitrogen and oxygen atoms in total. The molecule has 2 aromatic rings. The van der Waals surface area contributed by atoms with Crippen molar-refractivity contribution >= 4 is 22.6 Å². The van der Waals surface area contributed by atoms with Gasteiger partial charge in [-0.05, 0) is 60.7 Å². The molecule has 0 aromatic heterocycles. The Morgan fingerprint density at radius 1 is 0.905 bits per heavy atom. The van der Waals surface area contributed by atoms with Crippen LogP contribution in [0.5, 0.6) is 0 Å². The van der Waals surface area contributed by atoms with Gasteiger partial charge in [0, 0.05) is 0 Å². The molecule has 2 heteroatoms. The van der Waals surface area contributed by atoms with Gasteiger partial charge in [0.1, 0.15) is 0 Å². The Kier molecular flexibility index (Phi) is 5.77. The average Bonchev–Trinajstić information content (AvgIpc) is 2.66. The summed E-state index contributed by atoms with van der Waals surface area (Å²) >= 11 is 0. The van der Waals surface area contributed by atoms with E-state index in [1.165, 1.54) is 27.8 Å². The quantitative estimate of drug-likeness (QED) is 0.814. The van der Waals surface area contributed by atoms with Gasteiger partial charge in [0.2, 0.25) is 0 Å². The van der Waals surface area contributed by atoms with E-state index in [2.05, 4.69) is 59.9 Å². The number of aryl methyl sites for hydroxylation is 2. The predicted octanol–water partition coefficient (Wildman–Crippen LogP) is 4.40. The SMILES string of the molecule is Br.CNCCC=C1c2ccccc2CCc2ccccc21. The van der Waals surface area contributed by atoms with Crippen molar-refractivity contribution in [2.75, 3.05) is 13.6 Å². The van der Waals surface area contributed by atoms with Crippen molar-refractivity contribution in [3.05, 3.63) is 76.9 Å². The van der Waals surface area contributed by atoms with Crippen LogP contribution in [0.2, 0.25) is 0 Å².